The number of amides is 1. The lowest BCUT2D eigenvalue weighted by atomic mass is 10.1. The molecule has 0 radical (unpaired) electrons. The summed E-state index contributed by atoms with van der Waals surface area (Å²) in [6.45, 7) is 7.00. The van der Waals surface area contributed by atoms with Crippen LogP contribution in [-0.4, -0.2) is 31.4 Å². The number of carbonyl (C=O) groups excluding carboxylic acids is 1. The van der Waals surface area contributed by atoms with Gasteiger partial charge in [-0.2, -0.15) is 5.06 Å². The SMILES string of the molecule is CCCN(O[C@H](OC)c1ccccc1I)C(=O)OCCC(C)C. The zero-order valence-corrected chi connectivity index (χ0v) is 16.4. The number of carbonyl (C=O) groups is 1. The van der Waals surface area contributed by atoms with Gasteiger partial charge >= 0.3 is 6.09 Å². The fourth-order valence-electron chi connectivity index (χ4n) is 1.85. The summed E-state index contributed by atoms with van der Waals surface area (Å²) in [6, 6.07) is 7.75. The van der Waals surface area contributed by atoms with E-state index >= 15 is 0 Å². The maximum atomic E-state index is 12.2. The molecule has 0 saturated heterocycles. The van der Waals surface area contributed by atoms with Gasteiger partial charge in [0.2, 0.25) is 6.29 Å². The fraction of sp³-hybridized carbons (Fsp3) is 0.588. The molecule has 0 aromatic heterocycles. The van der Waals surface area contributed by atoms with Gasteiger partial charge in [0, 0.05) is 16.2 Å². The molecule has 6 heteroatoms. The molecule has 0 spiro atoms. The average molecular weight is 435 g/mol. The molecule has 0 bridgehead atoms. The molecule has 1 atom stereocenters. The van der Waals surface area contributed by atoms with Crippen molar-refractivity contribution in [2.24, 2.45) is 5.92 Å². The lowest BCUT2D eigenvalue weighted by Crippen LogP contribution is -2.35. The van der Waals surface area contributed by atoms with Crippen molar-refractivity contribution < 1.29 is 19.1 Å². The Bertz CT molecular complexity index is 481. The minimum Gasteiger partial charge on any atom is -0.448 e. The highest BCUT2D eigenvalue weighted by Gasteiger charge is 2.23. The maximum absolute atomic E-state index is 12.2. The van der Waals surface area contributed by atoms with E-state index in [-0.39, 0.29) is 0 Å². The van der Waals surface area contributed by atoms with Crippen LogP contribution in [0.1, 0.15) is 45.5 Å². The number of hydroxylamine groups is 2. The van der Waals surface area contributed by atoms with Gasteiger partial charge in [-0.3, -0.25) is 0 Å². The standard InChI is InChI=1S/C17H26INO4/c1-5-11-19(17(20)22-12-10-13(2)3)23-16(21-4)14-8-6-7-9-15(14)18/h6-9,13,16H,5,10-12H2,1-4H3/t16-/m0/s1. The van der Waals surface area contributed by atoms with E-state index in [0.717, 1.165) is 22.0 Å². The second-order valence-electron chi connectivity index (χ2n) is 5.59. The lowest BCUT2D eigenvalue weighted by Gasteiger charge is -2.26. The van der Waals surface area contributed by atoms with Crippen molar-refractivity contribution in [3.8, 4) is 0 Å². The summed E-state index contributed by atoms with van der Waals surface area (Å²) >= 11 is 2.22. The van der Waals surface area contributed by atoms with E-state index in [0.29, 0.717) is 19.1 Å². The van der Waals surface area contributed by atoms with Crippen molar-refractivity contribution in [3.05, 3.63) is 33.4 Å². The van der Waals surface area contributed by atoms with E-state index in [1.54, 1.807) is 7.11 Å². The highest BCUT2D eigenvalue weighted by molar-refractivity contribution is 14.1. The van der Waals surface area contributed by atoms with Gasteiger partial charge in [-0.25, -0.2) is 9.63 Å². The van der Waals surface area contributed by atoms with E-state index in [1.807, 2.05) is 31.2 Å². The van der Waals surface area contributed by atoms with E-state index in [4.69, 9.17) is 14.3 Å². The van der Waals surface area contributed by atoms with E-state index in [2.05, 4.69) is 36.4 Å². The van der Waals surface area contributed by atoms with Gasteiger partial charge in [0.05, 0.1) is 13.2 Å². The van der Waals surface area contributed by atoms with Crippen LogP contribution in [0.15, 0.2) is 24.3 Å². The lowest BCUT2D eigenvalue weighted by molar-refractivity contribution is -0.259. The average Bonchev–Trinajstić information content (AvgIpc) is 2.52. The topological polar surface area (TPSA) is 48.0 Å². The van der Waals surface area contributed by atoms with Gasteiger partial charge in [-0.05, 0) is 47.4 Å². The summed E-state index contributed by atoms with van der Waals surface area (Å²) in [5.74, 6) is 0.487. The molecular weight excluding hydrogens is 409 g/mol. The molecule has 0 unspecified atom stereocenters. The number of hydrogen-bond donors (Lipinski definition) is 0. The monoisotopic (exact) mass is 435 g/mol. The van der Waals surface area contributed by atoms with Crippen LogP contribution in [0.4, 0.5) is 4.79 Å². The Morgan fingerprint density at radius 3 is 2.57 bits per heavy atom. The Kier molecular flexibility index (Phi) is 9.50. The van der Waals surface area contributed by atoms with E-state index in [9.17, 15) is 4.79 Å². The number of ether oxygens (including phenoxy) is 2. The molecule has 0 heterocycles. The number of halogens is 1. The Balaban J connectivity index is 2.72. The second kappa shape index (κ2) is 10.8. The Morgan fingerprint density at radius 2 is 2.00 bits per heavy atom. The number of hydrogen-bond acceptors (Lipinski definition) is 4. The Hall–Kier alpha value is -0.860. The second-order valence-corrected chi connectivity index (χ2v) is 6.76. The van der Waals surface area contributed by atoms with Crippen molar-refractivity contribution in [3.63, 3.8) is 0 Å². The first kappa shape index (κ1) is 20.2. The molecule has 0 fully saturated rings. The highest BCUT2D eigenvalue weighted by atomic mass is 127. The summed E-state index contributed by atoms with van der Waals surface area (Å²) in [5.41, 5.74) is 0.881. The first-order chi connectivity index (χ1) is 11.0. The highest BCUT2D eigenvalue weighted by Crippen LogP contribution is 2.25. The van der Waals surface area contributed by atoms with Gasteiger partial charge in [0.1, 0.15) is 0 Å². The van der Waals surface area contributed by atoms with Gasteiger partial charge in [0.15, 0.2) is 0 Å². The van der Waals surface area contributed by atoms with Crippen molar-refractivity contribution >= 4 is 28.7 Å². The summed E-state index contributed by atoms with van der Waals surface area (Å²) in [5, 5.41) is 1.25. The molecule has 0 N–H and O–H groups in total. The number of nitrogens with zero attached hydrogens (tertiary/aromatic N) is 1. The van der Waals surface area contributed by atoms with Crippen LogP contribution in [0.2, 0.25) is 0 Å². The molecule has 1 amide bonds. The molecule has 5 nitrogen and oxygen atoms in total. The third-order valence-electron chi connectivity index (χ3n) is 3.15. The third-order valence-corrected chi connectivity index (χ3v) is 4.13. The van der Waals surface area contributed by atoms with E-state index < -0.39 is 12.4 Å². The first-order valence-electron chi connectivity index (χ1n) is 7.87. The molecule has 0 saturated carbocycles. The number of methoxy groups -OCH3 is 1. The minimum atomic E-state index is -0.646. The van der Waals surface area contributed by atoms with Crippen molar-refractivity contribution in [1.29, 1.82) is 0 Å². The van der Waals surface area contributed by atoms with Gasteiger partial charge in [-0.15, -0.1) is 0 Å². The largest absolute Gasteiger partial charge is 0.448 e. The molecule has 1 aromatic rings. The van der Waals surface area contributed by atoms with Crippen molar-refractivity contribution in [2.75, 3.05) is 20.3 Å². The summed E-state index contributed by atoms with van der Waals surface area (Å²) < 4.78 is 11.7. The molecule has 0 aliphatic carbocycles. The first-order valence-corrected chi connectivity index (χ1v) is 8.95. The quantitative estimate of drug-likeness (QED) is 0.319. The number of rotatable bonds is 9. The molecule has 0 aliphatic heterocycles. The van der Waals surface area contributed by atoms with Crippen LogP contribution in [0.25, 0.3) is 0 Å². The Labute approximate surface area is 152 Å². The molecule has 23 heavy (non-hydrogen) atoms. The van der Waals surface area contributed by atoms with Crippen LogP contribution >= 0.6 is 22.6 Å². The van der Waals surface area contributed by atoms with Crippen LogP contribution in [-0.2, 0) is 14.3 Å². The van der Waals surface area contributed by atoms with Gasteiger partial charge in [-0.1, -0.05) is 39.0 Å². The smallest absolute Gasteiger partial charge is 0.434 e. The van der Waals surface area contributed by atoms with Crippen LogP contribution in [0.3, 0.4) is 0 Å². The zero-order valence-electron chi connectivity index (χ0n) is 14.3. The Morgan fingerprint density at radius 1 is 1.30 bits per heavy atom. The molecular formula is C17H26INO4. The fourth-order valence-corrected chi connectivity index (χ4v) is 2.49. The molecule has 0 aliphatic rings. The summed E-state index contributed by atoms with van der Waals surface area (Å²) in [4.78, 5) is 18.0. The molecule has 1 rings (SSSR count). The maximum Gasteiger partial charge on any atom is 0.434 e. The molecule has 130 valence electrons. The summed E-state index contributed by atoms with van der Waals surface area (Å²) in [7, 11) is 1.56. The van der Waals surface area contributed by atoms with Crippen LogP contribution < -0.4 is 0 Å². The van der Waals surface area contributed by atoms with Gasteiger partial charge < -0.3 is 9.47 Å². The number of benzene rings is 1. The van der Waals surface area contributed by atoms with E-state index in [1.165, 1.54) is 5.06 Å². The predicted molar refractivity (Wildman–Crippen MR) is 97.8 cm³/mol. The third kappa shape index (κ3) is 7.05. The molecule has 1 aromatic carbocycles. The summed E-state index contributed by atoms with van der Waals surface area (Å²) in [6.07, 6.45) is 0.477. The predicted octanol–water partition coefficient (Wildman–Crippen LogP) is 4.76. The van der Waals surface area contributed by atoms with Crippen molar-refractivity contribution in [2.45, 2.75) is 39.9 Å². The van der Waals surface area contributed by atoms with Gasteiger partial charge in [0.25, 0.3) is 0 Å². The normalized spacial score (nSPS) is 12.3. The zero-order chi connectivity index (χ0) is 17.2. The minimum absolute atomic E-state index is 0.389. The van der Waals surface area contributed by atoms with Crippen molar-refractivity contribution in [1.82, 2.24) is 5.06 Å². The van der Waals surface area contributed by atoms with Crippen LogP contribution in [0, 0.1) is 9.49 Å². The van der Waals surface area contributed by atoms with Crippen LogP contribution in [0.5, 0.6) is 0 Å².